The molecule has 0 spiro atoms. The molecular formula is C15H16N2S. The summed E-state index contributed by atoms with van der Waals surface area (Å²) in [6, 6.07) is 16.9. The first kappa shape index (κ1) is 12.8. The molecule has 3 heteroatoms. The van der Waals surface area contributed by atoms with Gasteiger partial charge in [0.15, 0.2) is 0 Å². The van der Waals surface area contributed by atoms with E-state index in [1.165, 1.54) is 10.4 Å². The third-order valence-corrected chi connectivity index (χ3v) is 3.97. The molecule has 0 fully saturated rings. The molecule has 1 heterocycles. The molecule has 0 bridgehead atoms. The van der Waals surface area contributed by atoms with E-state index in [0.29, 0.717) is 6.42 Å². The first-order valence-corrected chi connectivity index (χ1v) is 6.90. The van der Waals surface area contributed by atoms with Crippen LogP contribution in [0.2, 0.25) is 0 Å². The van der Waals surface area contributed by atoms with Gasteiger partial charge in [-0.15, -0.1) is 11.3 Å². The Hall–Kier alpha value is -1.63. The largest absolute Gasteiger partial charge is 0.302 e. The molecule has 0 saturated heterocycles. The van der Waals surface area contributed by atoms with Gasteiger partial charge in [-0.1, -0.05) is 36.4 Å². The highest BCUT2D eigenvalue weighted by Gasteiger charge is 2.15. The average Bonchev–Trinajstić information content (AvgIpc) is 2.93. The normalized spacial score (nSPS) is 13.8. The lowest BCUT2D eigenvalue weighted by Gasteiger charge is -2.21. The van der Waals surface area contributed by atoms with Crippen molar-refractivity contribution in [3.63, 3.8) is 0 Å². The van der Waals surface area contributed by atoms with Gasteiger partial charge in [-0.05, 0) is 23.9 Å². The molecule has 0 radical (unpaired) electrons. The zero-order chi connectivity index (χ0) is 12.8. The molecule has 2 aromatic rings. The SMILES string of the molecule is C[C@@H](NC(CC#N)c1ccccc1)c1cccs1. The quantitative estimate of drug-likeness (QED) is 0.876. The van der Waals surface area contributed by atoms with Gasteiger partial charge >= 0.3 is 0 Å². The summed E-state index contributed by atoms with van der Waals surface area (Å²) in [6.45, 7) is 2.14. The number of nitrogens with one attached hydrogen (secondary N) is 1. The molecule has 0 aliphatic carbocycles. The first-order valence-electron chi connectivity index (χ1n) is 6.02. The van der Waals surface area contributed by atoms with Crippen LogP contribution in [0, 0.1) is 11.3 Å². The number of nitriles is 1. The van der Waals surface area contributed by atoms with Crippen molar-refractivity contribution in [2.24, 2.45) is 0 Å². The summed E-state index contributed by atoms with van der Waals surface area (Å²) in [5.74, 6) is 0. The molecule has 0 aliphatic rings. The van der Waals surface area contributed by atoms with Crippen LogP contribution in [0.15, 0.2) is 47.8 Å². The minimum absolute atomic E-state index is 0.0910. The molecule has 92 valence electrons. The maximum Gasteiger partial charge on any atom is 0.0641 e. The Kier molecular flexibility index (Phi) is 4.52. The fraction of sp³-hybridized carbons (Fsp3) is 0.267. The molecule has 1 N–H and O–H groups in total. The lowest BCUT2D eigenvalue weighted by atomic mass is 10.0. The van der Waals surface area contributed by atoms with Crippen LogP contribution in [0.4, 0.5) is 0 Å². The van der Waals surface area contributed by atoms with Gasteiger partial charge in [-0.25, -0.2) is 0 Å². The van der Waals surface area contributed by atoms with Crippen molar-refractivity contribution in [1.82, 2.24) is 5.32 Å². The summed E-state index contributed by atoms with van der Waals surface area (Å²) >= 11 is 1.74. The molecule has 18 heavy (non-hydrogen) atoms. The van der Waals surface area contributed by atoms with Gasteiger partial charge in [-0.3, -0.25) is 0 Å². The summed E-state index contributed by atoms with van der Waals surface area (Å²) in [7, 11) is 0. The Morgan fingerprint density at radius 2 is 2.00 bits per heavy atom. The van der Waals surface area contributed by atoms with Crippen LogP contribution in [0.3, 0.4) is 0 Å². The van der Waals surface area contributed by atoms with Crippen molar-refractivity contribution in [2.45, 2.75) is 25.4 Å². The standard InChI is InChI=1S/C15H16N2S/c1-12(15-8-5-11-18-15)17-14(9-10-16)13-6-3-2-4-7-13/h2-8,11-12,14,17H,9H2,1H3/t12-,14?/m1/s1. The van der Waals surface area contributed by atoms with Crippen molar-refractivity contribution in [1.29, 1.82) is 5.26 Å². The highest BCUT2D eigenvalue weighted by Crippen LogP contribution is 2.24. The van der Waals surface area contributed by atoms with E-state index in [1.54, 1.807) is 11.3 Å². The fourth-order valence-corrected chi connectivity index (χ4v) is 2.71. The Morgan fingerprint density at radius 3 is 2.61 bits per heavy atom. The van der Waals surface area contributed by atoms with E-state index < -0.39 is 0 Å². The van der Waals surface area contributed by atoms with Crippen LogP contribution in [0.25, 0.3) is 0 Å². The fourth-order valence-electron chi connectivity index (χ4n) is 1.97. The Balaban J connectivity index is 2.10. The molecule has 0 aliphatic heterocycles. The van der Waals surface area contributed by atoms with E-state index in [9.17, 15) is 0 Å². The van der Waals surface area contributed by atoms with Crippen molar-refractivity contribution < 1.29 is 0 Å². The molecule has 2 nitrogen and oxygen atoms in total. The van der Waals surface area contributed by atoms with E-state index in [4.69, 9.17) is 5.26 Å². The minimum atomic E-state index is 0.0910. The third-order valence-electron chi connectivity index (χ3n) is 2.92. The first-order chi connectivity index (χ1) is 8.81. The van der Waals surface area contributed by atoms with E-state index in [2.05, 4.69) is 48.0 Å². The molecule has 2 rings (SSSR count). The summed E-state index contributed by atoms with van der Waals surface area (Å²) in [5.41, 5.74) is 1.17. The summed E-state index contributed by atoms with van der Waals surface area (Å²) in [6.07, 6.45) is 0.486. The average molecular weight is 256 g/mol. The van der Waals surface area contributed by atoms with E-state index in [0.717, 1.165) is 0 Å². The summed E-state index contributed by atoms with van der Waals surface area (Å²) in [5, 5.41) is 14.6. The van der Waals surface area contributed by atoms with Crippen LogP contribution < -0.4 is 5.32 Å². The molecule has 1 aromatic heterocycles. The summed E-state index contributed by atoms with van der Waals surface area (Å²) < 4.78 is 0. The zero-order valence-corrected chi connectivity index (χ0v) is 11.2. The van der Waals surface area contributed by atoms with Crippen LogP contribution in [0.1, 0.15) is 35.9 Å². The highest BCUT2D eigenvalue weighted by atomic mass is 32.1. The van der Waals surface area contributed by atoms with Crippen molar-refractivity contribution >= 4 is 11.3 Å². The van der Waals surface area contributed by atoms with Crippen molar-refractivity contribution in [3.8, 4) is 6.07 Å². The van der Waals surface area contributed by atoms with Gasteiger partial charge < -0.3 is 5.32 Å². The number of hydrogen-bond acceptors (Lipinski definition) is 3. The van der Waals surface area contributed by atoms with E-state index >= 15 is 0 Å². The number of benzene rings is 1. The van der Waals surface area contributed by atoms with Gasteiger partial charge in [0, 0.05) is 17.0 Å². The summed E-state index contributed by atoms with van der Waals surface area (Å²) in [4.78, 5) is 1.30. The van der Waals surface area contributed by atoms with Crippen molar-refractivity contribution in [2.75, 3.05) is 0 Å². The van der Waals surface area contributed by atoms with Crippen LogP contribution in [-0.2, 0) is 0 Å². The van der Waals surface area contributed by atoms with Crippen LogP contribution >= 0.6 is 11.3 Å². The molecule has 2 atom stereocenters. The Morgan fingerprint density at radius 1 is 1.22 bits per heavy atom. The van der Waals surface area contributed by atoms with Crippen molar-refractivity contribution in [3.05, 3.63) is 58.3 Å². The lowest BCUT2D eigenvalue weighted by molar-refractivity contribution is 0.477. The Labute approximate surface area is 112 Å². The van der Waals surface area contributed by atoms with Gasteiger partial charge in [0.25, 0.3) is 0 Å². The van der Waals surface area contributed by atoms with Gasteiger partial charge in [0.1, 0.15) is 0 Å². The van der Waals surface area contributed by atoms with Gasteiger partial charge in [-0.2, -0.15) is 5.26 Å². The smallest absolute Gasteiger partial charge is 0.0641 e. The topological polar surface area (TPSA) is 35.8 Å². The Bertz CT molecular complexity index is 499. The molecule has 1 unspecified atom stereocenters. The maximum atomic E-state index is 8.95. The van der Waals surface area contributed by atoms with Crippen LogP contribution in [-0.4, -0.2) is 0 Å². The molecule has 0 amide bonds. The predicted molar refractivity (Wildman–Crippen MR) is 75.3 cm³/mol. The second-order valence-electron chi connectivity index (χ2n) is 4.23. The van der Waals surface area contributed by atoms with Gasteiger partial charge in [0.2, 0.25) is 0 Å². The maximum absolute atomic E-state index is 8.95. The van der Waals surface area contributed by atoms with Gasteiger partial charge in [0.05, 0.1) is 12.5 Å². The molecular weight excluding hydrogens is 240 g/mol. The number of rotatable bonds is 5. The zero-order valence-electron chi connectivity index (χ0n) is 10.3. The second-order valence-corrected chi connectivity index (χ2v) is 5.21. The molecule has 1 aromatic carbocycles. The third kappa shape index (κ3) is 3.19. The predicted octanol–water partition coefficient (Wildman–Crippen LogP) is 4.05. The van der Waals surface area contributed by atoms with Crippen LogP contribution in [0.5, 0.6) is 0 Å². The number of nitrogens with zero attached hydrogens (tertiary/aromatic N) is 1. The van der Waals surface area contributed by atoms with E-state index in [1.807, 2.05) is 18.2 Å². The number of hydrogen-bond donors (Lipinski definition) is 1. The highest BCUT2D eigenvalue weighted by molar-refractivity contribution is 7.10. The number of thiophene rings is 1. The minimum Gasteiger partial charge on any atom is -0.302 e. The van der Waals surface area contributed by atoms with E-state index in [-0.39, 0.29) is 12.1 Å². The monoisotopic (exact) mass is 256 g/mol. The molecule has 0 saturated carbocycles. The lowest BCUT2D eigenvalue weighted by Crippen LogP contribution is -2.23. The second kappa shape index (κ2) is 6.34.